The van der Waals surface area contributed by atoms with Crippen molar-refractivity contribution in [2.75, 3.05) is 32.2 Å². The van der Waals surface area contributed by atoms with E-state index in [1.165, 1.54) is 0 Å². The lowest BCUT2D eigenvalue weighted by atomic mass is 9.89. The van der Waals surface area contributed by atoms with Crippen LogP contribution in [0.1, 0.15) is 19.3 Å². The first kappa shape index (κ1) is 14.2. The second kappa shape index (κ2) is 5.92. The maximum atomic E-state index is 5.96. The average molecular weight is 342 g/mol. The summed E-state index contributed by atoms with van der Waals surface area (Å²) in [7, 11) is 1.68. The van der Waals surface area contributed by atoms with Gasteiger partial charge in [-0.05, 0) is 40.9 Å². The van der Waals surface area contributed by atoms with Gasteiger partial charge in [0, 0.05) is 37.4 Å². The summed E-state index contributed by atoms with van der Waals surface area (Å²) in [5.74, 6) is 0.848. The Hall–Kier alpha value is -0.780. The van der Waals surface area contributed by atoms with E-state index >= 15 is 0 Å². The summed E-state index contributed by atoms with van der Waals surface area (Å²) < 4.78 is 17.8. The van der Waals surface area contributed by atoms with Gasteiger partial charge in [-0.1, -0.05) is 0 Å². The van der Waals surface area contributed by atoms with Gasteiger partial charge >= 0.3 is 0 Å². The largest absolute Gasteiger partial charge is 0.495 e. The van der Waals surface area contributed by atoms with Crippen molar-refractivity contribution >= 4 is 21.6 Å². The zero-order valence-electron chi connectivity index (χ0n) is 11.7. The van der Waals surface area contributed by atoms with Gasteiger partial charge in [0.25, 0.3) is 0 Å². The third kappa shape index (κ3) is 2.95. The highest BCUT2D eigenvalue weighted by molar-refractivity contribution is 9.10. The third-order valence-electron chi connectivity index (χ3n) is 4.08. The van der Waals surface area contributed by atoms with E-state index in [1.54, 1.807) is 7.11 Å². The second-order valence-corrected chi connectivity index (χ2v) is 6.37. The van der Waals surface area contributed by atoms with E-state index in [2.05, 4.69) is 27.3 Å². The van der Waals surface area contributed by atoms with Gasteiger partial charge in [0.05, 0.1) is 23.8 Å². The molecule has 2 heterocycles. The van der Waals surface area contributed by atoms with E-state index in [-0.39, 0.29) is 5.60 Å². The first-order valence-electron chi connectivity index (χ1n) is 7.03. The monoisotopic (exact) mass is 341 g/mol. The molecule has 4 nitrogen and oxygen atoms in total. The van der Waals surface area contributed by atoms with Crippen LogP contribution >= 0.6 is 15.9 Å². The zero-order chi connectivity index (χ0) is 14.0. The maximum absolute atomic E-state index is 5.96. The summed E-state index contributed by atoms with van der Waals surface area (Å²) in [4.78, 5) is 0. The van der Waals surface area contributed by atoms with Gasteiger partial charge in [-0.2, -0.15) is 0 Å². The molecule has 1 aromatic rings. The summed E-state index contributed by atoms with van der Waals surface area (Å²) in [5.41, 5.74) is 1.03. The predicted molar refractivity (Wildman–Crippen MR) is 81.5 cm³/mol. The lowest BCUT2D eigenvalue weighted by Crippen LogP contribution is -2.44. The highest BCUT2D eigenvalue weighted by atomic mass is 79.9. The number of hydrogen-bond donors (Lipinski definition) is 1. The van der Waals surface area contributed by atoms with E-state index in [0.717, 1.165) is 55.0 Å². The van der Waals surface area contributed by atoms with Crippen LogP contribution in [-0.2, 0) is 9.47 Å². The molecule has 2 saturated heterocycles. The lowest BCUT2D eigenvalue weighted by Gasteiger charge is -2.37. The van der Waals surface area contributed by atoms with Gasteiger partial charge in [-0.3, -0.25) is 0 Å². The van der Waals surface area contributed by atoms with Crippen LogP contribution in [0.4, 0.5) is 5.69 Å². The molecule has 2 unspecified atom stereocenters. The summed E-state index contributed by atoms with van der Waals surface area (Å²) >= 11 is 3.48. The lowest BCUT2D eigenvalue weighted by molar-refractivity contribution is -0.0828. The van der Waals surface area contributed by atoms with Crippen molar-refractivity contribution in [3.63, 3.8) is 0 Å². The van der Waals surface area contributed by atoms with Crippen molar-refractivity contribution in [2.45, 2.75) is 30.9 Å². The molecule has 110 valence electrons. The molecule has 1 N–H and O–H groups in total. The molecule has 0 aromatic heterocycles. The van der Waals surface area contributed by atoms with Crippen LogP contribution < -0.4 is 10.1 Å². The van der Waals surface area contributed by atoms with E-state index in [0.29, 0.717) is 6.04 Å². The molecule has 3 rings (SSSR count). The van der Waals surface area contributed by atoms with Crippen LogP contribution in [0, 0.1) is 0 Å². The van der Waals surface area contributed by atoms with Crippen molar-refractivity contribution in [1.82, 2.24) is 0 Å². The van der Waals surface area contributed by atoms with Crippen LogP contribution in [0.25, 0.3) is 0 Å². The van der Waals surface area contributed by atoms with Crippen LogP contribution in [0.15, 0.2) is 22.7 Å². The number of rotatable bonds is 3. The summed E-state index contributed by atoms with van der Waals surface area (Å²) in [5, 5.41) is 3.60. The Balaban J connectivity index is 1.68. The molecular formula is C15H20BrNO3. The van der Waals surface area contributed by atoms with Crippen LogP contribution in [0.3, 0.4) is 0 Å². The molecule has 5 heteroatoms. The Morgan fingerprint density at radius 1 is 1.40 bits per heavy atom. The highest BCUT2D eigenvalue weighted by Crippen LogP contribution is 2.35. The predicted octanol–water partition coefficient (Wildman–Crippen LogP) is 3.21. The van der Waals surface area contributed by atoms with Crippen molar-refractivity contribution in [3.05, 3.63) is 22.7 Å². The Labute approximate surface area is 127 Å². The van der Waals surface area contributed by atoms with Crippen molar-refractivity contribution in [1.29, 1.82) is 0 Å². The number of hydrogen-bond acceptors (Lipinski definition) is 4. The molecule has 2 aliphatic rings. The average Bonchev–Trinajstić information content (AvgIpc) is 2.89. The molecule has 2 fully saturated rings. The Kier molecular flexibility index (Phi) is 4.19. The van der Waals surface area contributed by atoms with Gasteiger partial charge in [-0.25, -0.2) is 0 Å². The van der Waals surface area contributed by atoms with Crippen LogP contribution in [0.2, 0.25) is 0 Å². The normalized spacial score (nSPS) is 29.6. The van der Waals surface area contributed by atoms with E-state index in [1.807, 2.05) is 12.1 Å². The SMILES string of the molecule is COc1cc(NC2CCOC3(CCOC3)C2)ccc1Br. The van der Waals surface area contributed by atoms with E-state index in [4.69, 9.17) is 14.2 Å². The summed E-state index contributed by atoms with van der Waals surface area (Å²) in [6.07, 6.45) is 3.04. The fourth-order valence-electron chi connectivity index (χ4n) is 3.00. The van der Waals surface area contributed by atoms with Gasteiger partial charge in [0.1, 0.15) is 5.75 Å². The van der Waals surface area contributed by atoms with Gasteiger partial charge in [-0.15, -0.1) is 0 Å². The van der Waals surface area contributed by atoms with Gasteiger partial charge in [0.2, 0.25) is 0 Å². The smallest absolute Gasteiger partial charge is 0.135 e. The Morgan fingerprint density at radius 2 is 2.30 bits per heavy atom. The Bertz CT molecular complexity index is 474. The number of nitrogens with one attached hydrogen (secondary N) is 1. The summed E-state index contributed by atoms with van der Waals surface area (Å²) in [6, 6.07) is 6.53. The number of benzene rings is 1. The maximum Gasteiger partial charge on any atom is 0.135 e. The second-order valence-electron chi connectivity index (χ2n) is 5.52. The first-order valence-corrected chi connectivity index (χ1v) is 7.82. The minimum Gasteiger partial charge on any atom is -0.495 e. The number of ether oxygens (including phenoxy) is 3. The zero-order valence-corrected chi connectivity index (χ0v) is 13.2. The first-order chi connectivity index (χ1) is 9.71. The molecule has 2 aliphatic heterocycles. The number of methoxy groups -OCH3 is 1. The number of halogens is 1. The van der Waals surface area contributed by atoms with Crippen molar-refractivity contribution < 1.29 is 14.2 Å². The van der Waals surface area contributed by atoms with E-state index < -0.39 is 0 Å². The fraction of sp³-hybridized carbons (Fsp3) is 0.600. The molecule has 0 aliphatic carbocycles. The summed E-state index contributed by atoms with van der Waals surface area (Å²) in [6.45, 7) is 2.35. The van der Waals surface area contributed by atoms with Crippen molar-refractivity contribution in [2.24, 2.45) is 0 Å². The molecule has 0 saturated carbocycles. The highest BCUT2D eigenvalue weighted by Gasteiger charge is 2.40. The minimum atomic E-state index is -0.0602. The Morgan fingerprint density at radius 3 is 3.05 bits per heavy atom. The van der Waals surface area contributed by atoms with Crippen molar-refractivity contribution in [3.8, 4) is 5.75 Å². The van der Waals surface area contributed by atoms with Gasteiger partial charge in [0.15, 0.2) is 0 Å². The molecular weight excluding hydrogens is 322 g/mol. The molecule has 20 heavy (non-hydrogen) atoms. The number of anilines is 1. The third-order valence-corrected chi connectivity index (χ3v) is 4.74. The standard InChI is InChI=1S/C15H20BrNO3/c1-18-14-8-11(2-3-13(14)16)17-12-4-6-20-15(9-12)5-7-19-10-15/h2-3,8,12,17H,4-7,9-10H2,1H3. The fourth-order valence-corrected chi connectivity index (χ4v) is 3.41. The quantitative estimate of drug-likeness (QED) is 0.916. The van der Waals surface area contributed by atoms with E-state index in [9.17, 15) is 0 Å². The minimum absolute atomic E-state index is 0.0602. The molecule has 1 aromatic carbocycles. The molecule has 0 radical (unpaired) electrons. The molecule has 0 amide bonds. The molecule has 0 bridgehead atoms. The van der Waals surface area contributed by atoms with Crippen LogP contribution in [-0.4, -0.2) is 38.6 Å². The molecule has 2 atom stereocenters. The molecule has 1 spiro atoms. The van der Waals surface area contributed by atoms with Crippen LogP contribution in [0.5, 0.6) is 5.75 Å². The topological polar surface area (TPSA) is 39.7 Å². The van der Waals surface area contributed by atoms with Gasteiger partial charge < -0.3 is 19.5 Å².